The number of hydrogen-bond donors (Lipinski definition) is 3. The van der Waals surface area contributed by atoms with E-state index in [4.69, 9.17) is 56.2 Å². The third-order valence-corrected chi connectivity index (χ3v) is 10.6. The normalized spacial score (nSPS) is 18.2. The third kappa shape index (κ3) is 11.8. The van der Waals surface area contributed by atoms with Crippen LogP contribution in [0.2, 0.25) is 5.02 Å². The first-order valence-corrected chi connectivity index (χ1v) is 19.4. The van der Waals surface area contributed by atoms with Crippen LogP contribution in [0.1, 0.15) is 39.2 Å². The maximum Gasteiger partial charge on any atom is 0.135 e. The molecule has 5 N–H and O–H groups in total. The first kappa shape index (κ1) is 43.3. The second-order valence-electron chi connectivity index (χ2n) is 14.4. The Balaban J connectivity index is 1.12. The van der Waals surface area contributed by atoms with Crippen molar-refractivity contribution < 1.29 is 37.5 Å². The number of methoxy groups -OCH3 is 1. The minimum absolute atomic E-state index is 0.0401. The fraction of sp³-hybridized carbons (Fsp3) is 0.512. The van der Waals surface area contributed by atoms with E-state index in [0.717, 1.165) is 40.9 Å². The van der Waals surface area contributed by atoms with Gasteiger partial charge in [0, 0.05) is 41.9 Å². The Morgan fingerprint density at radius 3 is 2.02 bits per heavy atom. The molecule has 1 aliphatic carbocycles. The lowest BCUT2D eigenvalue weighted by atomic mass is 9.75. The molecule has 1 aliphatic rings. The highest BCUT2D eigenvalue weighted by Crippen LogP contribution is 2.46. The molecule has 13 nitrogen and oxygen atoms in total. The van der Waals surface area contributed by atoms with E-state index in [-0.39, 0.29) is 33.5 Å². The van der Waals surface area contributed by atoms with E-state index in [9.17, 15) is 4.39 Å². The average Bonchev–Trinajstić information content (AvgIpc) is 3.70. The summed E-state index contributed by atoms with van der Waals surface area (Å²) in [6, 6.07) is 13.9. The number of fused-ring (bicyclic) bond motifs is 1. The summed E-state index contributed by atoms with van der Waals surface area (Å²) in [6.07, 6.45) is 5.36. The molecule has 2 aromatic carbocycles. The first-order chi connectivity index (χ1) is 27.0. The van der Waals surface area contributed by atoms with Crippen LogP contribution < -0.4 is 21.5 Å². The summed E-state index contributed by atoms with van der Waals surface area (Å²) in [4.78, 5) is 4.51. The van der Waals surface area contributed by atoms with E-state index in [1.54, 1.807) is 13.3 Å². The van der Waals surface area contributed by atoms with Crippen molar-refractivity contribution in [3.63, 3.8) is 0 Å². The minimum Gasteiger partial charge on any atom is -0.491 e. The second kappa shape index (κ2) is 21.1. The monoisotopic (exact) mass is 798 g/mol. The van der Waals surface area contributed by atoms with Gasteiger partial charge in [-0.15, -0.1) is 0 Å². The number of benzene rings is 2. The second-order valence-corrected chi connectivity index (χ2v) is 14.8. The number of ether oxygens (including phenoxy) is 7. The number of anilines is 1. The summed E-state index contributed by atoms with van der Waals surface area (Å²) >= 11 is 6.34. The average molecular weight is 799 g/mol. The van der Waals surface area contributed by atoms with Crippen LogP contribution in [0.25, 0.3) is 16.6 Å². The quantitative estimate of drug-likeness (QED) is 0.0418. The fourth-order valence-electron chi connectivity index (χ4n) is 6.36. The number of nitrogens with two attached hydrogens (primary N) is 2. The molecule has 5 rings (SSSR count). The van der Waals surface area contributed by atoms with Crippen LogP contribution in [-0.2, 0) is 28.4 Å². The predicted molar refractivity (Wildman–Crippen MR) is 217 cm³/mol. The van der Waals surface area contributed by atoms with Gasteiger partial charge in [0.15, 0.2) is 0 Å². The molecule has 2 atom stereocenters. The Hall–Kier alpha value is -3.86. The molecule has 1 fully saturated rings. The molecule has 0 spiro atoms. The van der Waals surface area contributed by atoms with E-state index in [1.807, 2.05) is 35.0 Å². The van der Waals surface area contributed by atoms with Crippen LogP contribution >= 0.6 is 11.6 Å². The van der Waals surface area contributed by atoms with Crippen molar-refractivity contribution in [1.29, 1.82) is 0 Å². The van der Waals surface area contributed by atoms with Crippen molar-refractivity contribution >= 4 is 34.3 Å². The van der Waals surface area contributed by atoms with E-state index >= 15 is 0 Å². The number of hydrogen-bond acceptors (Lipinski definition) is 11. The topological polar surface area (TPSA) is 158 Å². The highest BCUT2D eigenvalue weighted by Gasteiger charge is 2.49. The number of nitrogens with one attached hydrogen (secondary N) is 1. The molecule has 15 heteroatoms. The summed E-state index contributed by atoms with van der Waals surface area (Å²) in [6.45, 7) is 12.4. The summed E-state index contributed by atoms with van der Waals surface area (Å²) < 4.78 is 54.2. The molecule has 0 saturated heterocycles. The van der Waals surface area contributed by atoms with Crippen LogP contribution in [0.15, 0.2) is 65.9 Å². The zero-order valence-electron chi connectivity index (χ0n) is 32.9. The lowest BCUT2D eigenvalue weighted by Crippen LogP contribution is -2.51. The third-order valence-electron chi connectivity index (χ3n) is 10.3. The zero-order valence-corrected chi connectivity index (χ0v) is 33.6. The van der Waals surface area contributed by atoms with Gasteiger partial charge in [0.1, 0.15) is 24.0 Å². The molecule has 0 aliphatic heterocycles. The van der Waals surface area contributed by atoms with E-state index < -0.39 is 5.82 Å². The maximum atomic E-state index is 14.1. The maximum absolute atomic E-state index is 14.1. The lowest BCUT2D eigenvalue weighted by Gasteiger charge is -2.39. The molecule has 2 heterocycles. The molecule has 0 radical (unpaired) electrons. The van der Waals surface area contributed by atoms with Gasteiger partial charge >= 0.3 is 0 Å². The molecule has 0 amide bonds. The van der Waals surface area contributed by atoms with Crippen LogP contribution in [0.5, 0.6) is 5.75 Å². The van der Waals surface area contributed by atoms with Crippen molar-refractivity contribution in [2.45, 2.75) is 45.2 Å². The molecule has 2 aromatic heterocycles. The number of amidine groups is 1. The van der Waals surface area contributed by atoms with E-state index in [0.29, 0.717) is 84.8 Å². The van der Waals surface area contributed by atoms with Crippen molar-refractivity contribution in [1.82, 2.24) is 9.61 Å². The van der Waals surface area contributed by atoms with Gasteiger partial charge in [-0.3, -0.25) is 0 Å². The Morgan fingerprint density at radius 2 is 1.45 bits per heavy atom. The summed E-state index contributed by atoms with van der Waals surface area (Å²) in [5.41, 5.74) is 17.0. The smallest absolute Gasteiger partial charge is 0.135 e. The predicted octanol–water partition coefficient (Wildman–Crippen LogP) is 6.26. The SMILES string of the molecule is COCCOCCOCCOCCOCCOCCOc1ccc(-c2cc3c(N[C@@H]4CC[C@](C)(N)C4(C)C)c(C(N)=Nc4cc(F)ccc4Cl)cnn3c2)cc1. The number of aliphatic imine (C=N–C) groups is 1. The molecule has 0 bridgehead atoms. The summed E-state index contributed by atoms with van der Waals surface area (Å²) in [5, 5.41) is 8.73. The van der Waals surface area contributed by atoms with Crippen LogP contribution in [0.4, 0.5) is 15.8 Å². The van der Waals surface area contributed by atoms with Gasteiger partial charge in [-0.2, -0.15) is 5.10 Å². The van der Waals surface area contributed by atoms with Gasteiger partial charge in [0.05, 0.1) is 106 Å². The number of rotatable bonds is 24. The number of aromatic nitrogens is 2. The molecule has 306 valence electrons. The first-order valence-electron chi connectivity index (χ1n) is 19.0. The lowest BCUT2D eigenvalue weighted by molar-refractivity contribution is -0.0159. The van der Waals surface area contributed by atoms with Crippen LogP contribution in [-0.4, -0.2) is 113 Å². The molecular formula is C41H56ClFN6O7. The van der Waals surface area contributed by atoms with Gasteiger partial charge in [-0.05, 0) is 55.7 Å². The standard InChI is InChI=1S/C41H56ClFN6O7/c1-40(2)37(11-12-41(40,3)45)48-38-33(39(44)47-35-26-31(43)7-10-34(35)42)27-46-49-28-30(25-36(38)49)29-5-8-32(9-6-29)56-24-23-55-22-21-54-20-19-53-18-17-52-16-15-51-14-13-50-4/h5-10,25-28,37,48H,11-24,45H2,1-4H3,(H2,44,47)/t37-,41+/m1/s1. The number of nitrogens with zero attached hydrogens (tertiary/aromatic N) is 3. The van der Waals surface area contributed by atoms with Crippen molar-refractivity contribution in [2.75, 3.05) is 91.7 Å². The molecule has 1 saturated carbocycles. The van der Waals surface area contributed by atoms with Gasteiger partial charge in [-0.25, -0.2) is 13.9 Å². The van der Waals surface area contributed by atoms with Crippen molar-refractivity contribution in [3.05, 3.63) is 77.3 Å². The van der Waals surface area contributed by atoms with Crippen molar-refractivity contribution in [3.8, 4) is 16.9 Å². The van der Waals surface area contributed by atoms with E-state index in [2.05, 4.69) is 42.2 Å². The fourth-order valence-corrected chi connectivity index (χ4v) is 6.52. The Labute approximate surface area is 333 Å². The van der Waals surface area contributed by atoms with Gasteiger partial charge in [0.2, 0.25) is 0 Å². The van der Waals surface area contributed by atoms with Crippen LogP contribution in [0, 0.1) is 11.2 Å². The van der Waals surface area contributed by atoms with Crippen LogP contribution in [0.3, 0.4) is 0 Å². The number of halogens is 2. The zero-order chi connectivity index (χ0) is 40.0. The summed E-state index contributed by atoms with van der Waals surface area (Å²) in [7, 11) is 1.64. The van der Waals surface area contributed by atoms with Gasteiger partial charge in [0.25, 0.3) is 0 Å². The Kier molecular flexibility index (Phi) is 16.3. The van der Waals surface area contributed by atoms with Gasteiger partial charge in [-0.1, -0.05) is 37.6 Å². The summed E-state index contributed by atoms with van der Waals surface area (Å²) in [5.74, 6) is 0.424. The van der Waals surface area contributed by atoms with E-state index in [1.165, 1.54) is 18.2 Å². The molecular weight excluding hydrogens is 743 g/mol. The molecule has 4 aromatic rings. The molecule has 0 unspecified atom stereocenters. The molecule has 56 heavy (non-hydrogen) atoms. The Bertz CT molecular complexity index is 1860. The van der Waals surface area contributed by atoms with Gasteiger partial charge < -0.3 is 49.9 Å². The highest BCUT2D eigenvalue weighted by atomic mass is 35.5. The minimum atomic E-state index is -0.460. The highest BCUT2D eigenvalue weighted by molar-refractivity contribution is 6.33. The largest absolute Gasteiger partial charge is 0.491 e. The Morgan fingerprint density at radius 1 is 0.857 bits per heavy atom. The van der Waals surface area contributed by atoms with Crippen molar-refractivity contribution in [2.24, 2.45) is 21.9 Å².